The molecule has 1 N–H and O–H groups in total. The Labute approximate surface area is 218 Å². The first-order valence-corrected chi connectivity index (χ1v) is 13.8. The van der Waals surface area contributed by atoms with Gasteiger partial charge in [0.25, 0.3) is 0 Å². The maximum atomic E-state index is 6.55. The number of likely N-dealkylation sites (N-methyl/N-ethyl adjacent to an activating group) is 1. The molecule has 3 aromatic carbocycles. The number of nitrogens with one attached hydrogen (secondary N) is 1. The average molecular weight is 486 g/mol. The number of para-hydroxylation sites is 1. The highest BCUT2D eigenvalue weighted by Crippen LogP contribution is 2.28. The minimum atomic E-state index is 0.282. The van der Waals surface area contributed by atoms with Crippen molar-refractivity contribution in [1.29, 1.82) is 0 Å². The summed E-state index contributed by atoms with van der Waals surface area (Å²) in [5, 5.41) is 3.61. The maximum Gasteiger partial charge on any atom is 0.124 e. The van der Waals surface area contributed by atoms with Crippen molar-refractivity contribution in [2.45, 2.75) is 45.3 Å². The molecule has 0 bridgehead atoms. The fourth-order valence-electron chi connectivity index (χ4n) is 5.19. The van der Waals surface area contributed by atoms with E-state index < -0.39 is 0 Å². The first-order valence-electron chi connectivity index (χ1n) is 13.8. The summed E-state index contributed by atoms with van der Waals surface area (Å²) in [5.41, 5.74) is 4.04. The van der Waals surface area contributed by atoms with E-state index >= 15 is 0 Å². The summed E-state index contributed by atoms with van der Waals surface area (Å²) in [6.07, 6.45) is 2.42. The topological polar surface area (TPSA) is 27.7 Å². The number of rotatable bonds is 13. The van der Waals surface area contributed by atoms with Gasteiger partial charge >= 0.3 is 0 Å². The zero-order chi connectivity index (χ0) is 25.0. The van der Waals surface area contributed by atoms with Crippen molar-refractivity contribution in [2.24, 2.45) is 0 Å². The Bertz CT molecular complexity index is 959. The van der Waals surface area contributed by atoms with Crippen molar-refractivity contribution < 1.29 is 4.74 Å². The molecule has 4 heteroatoms. The van der Waals surface area contributed by atoms with Gasteiger partial charge in [-0.1, -0.05) is 92.7 Å². The summed E-state index contributed by atoms with van der Waals surface area (Å²) >= 11 is 0. The number of benzene rings is 3. The number of ether oxygens (including phenoxy) is 1. The quantitative estimate of drug-likeness (QED) is 0.310. The number of piperidine rings is 1. The van der Waals surface area contributed by atoms with E-state index in [0.717, 1.165) is 70.9 Å². The molecule has 1 heterocycles. The Morgan fingerprint density at radius 1 is 0.833 bits per heavy atom. The van der Waals surface area contributed by atoms with Crippen molar-refractivity contribution >= 4 is 0 Å². The SMILES string of the molecule is CCN(CC)CCNCc1ccccc1OC1CCN(CC(c2ccccc2)c2ccccc2)CC1. The van der Waals surface area contributed by atoms with Crippen LogP contribution in [-0.4, -0.2) is 61.7 Å². The van der Waals surface area contributed by atoms with Crippen LogP contribution in [0.4, 0.5) is 0 Å². The molecule has 1 fully saturated rings. The van der Waals surface area contributed by atoms with Gasteiger partial charge in [-0.25, -0.2) is 0 Å². The molecule has 0 aromatic heterocycles. The minimum Gasteiger partial charge on any atom is -0.490 e. The van der Waals surface area contributed by atoms with E-state index in [1.807, 2.05) is 0 Å². The van der Waals surface area contributed by atoms with Gasteiger partial charge < -0.3 is 19.9 Å². The third-order valence-electron chi connectivity index (χ3n) is 7.46. The first-order chi connectivity index (χ1) is 17.8. The number of likely N-dealkylation sites (tertiary alicyclic amines) is 1. The highest BCUT2D eigenvalue weighted by atomic mass is 16.5. The van der Waals surface area contributed by atoms with Crippen molar-refractivity contribution in [2.75, 3.05) is 45.8 Å². The van der Waals surface area contributed by atoms with E-state index in [1.165, 1.54) is 16.7 Å². The van der Waals surface area contributed by atoms with Gasteiger partial charge in [0.2, 0.25) is 0 Å². The fraction of sp³-hybridized carbons (Fsp3) is 0.438. The van der Waals surface area contributed by atoms with Crippen molar-refractivity contribution in [1.82, 2.24) is 15.1 Å². The van der Waals surface area contributed by atoms with Gasteiger partial charge in [0.15, 0.2) is 0 Å². The van der Waals surface area contributed by atoms with Crippen LogP contribution in [0.15, 0.2) is 84.9 Å². The molecule has 1 saturated heterocycles. The Kier molecular flexibility index (Phi) is 10.4. The molecule has 0 amide bonds. The molecule has 0 aliphatic carbocycles. The molecule has 0 unspecified atom stereocenters. The predicted octanol–water partition coefficient (Wildman–Crippen LogP) is 5.79. The van der Waals surface area contributed by atoms with Gasteiger partial charge in [-0.15, -0.1) is 0 Å². The van der Waals surface area contributed by atoms with Crippen LogP contribution in [0, 0.1) is 0 Å². The molecule has 192 valence electrons. The standard InChI is InChI=1S/C32H43N3O/c1-3-34(4-2)24-21-33-25-29-17-11-12-18-32(29)36-30-19-22-35(23-20-30)26-31(27-13-7-5-8-14-27)28-15-9-6-10-16-28/h5-18,30-31,33H,3-4,19-26H2,1-2H3. The average Bonchev–Trinajstić information content (AvgIpc) is 2.94. The van der Waals surface area contributed by atoms with Crippen LogP contribution in [0.25, 0.3) is 0 Å². The van der Waals surface area contributed by atoms with Crippen LogP contribution in [-0.2, 0) is 6.54 Å². The first kappa shape index (κ1) is 26.4. The van der Waals surface area contributed by atoms with Crippen molar-refractivity contribution in [3.63, 3.8) is 0 Å². The number of hydrogen-bond acceptors (Lipinski definition) is 4. The Morgan fingerprint density at radius 2 is 1.42 bits per heavy atom. The molecule has 36 heavy (non-hydrogen) atoms. The molecule has 1 aliphatic heterocycles. The van der Waals surface area contributed by atoms with Crippen LogP contribution in [0.2, 0.25) is 0 Å². The summed E-state index contributed by atoms with van der Waals surface area (Å²) in [4.78, 5) is 5.06. The summed E-state index contributed by atoms with van der Waals surface area (Å²) < 4.78 is 6.55. The van der Waals surface area contributed by atoms with E-state index in [9.17, 15) is 0 Å². The molecule has 0 radical (unpaired) electrons. The zero-order valence-corrected chi connectivity index (χ0v) is 22.1. The third-order valence-corrected chi connectivity index (χ3v) is 7.46. The van der Waals surface area contributed by atoms with E-state index in [4.69, 9.17) is 4.74 Å². The van der Waals surface area contributed by atoms with Gasteiger partial charge in [0.05, 0.1) is 0 Å². The van der Waals surface area contributed by atoms with Gasteiger partial charge in [0, 0.05) is 50.7 Å². The molecule has 4 rings (SSSR count). The van der Waals surface area contributed by atoms with Crippen LogP contribution in [0.1, 0.15) is 49.3 Å². The third kappa shape index (κ3) is 7.67. The van der Waals surface area contributed by atoms with Gasteiger partial charge in [-0.3, -0.25) is 0 Å². The summed E-state index contributed by atoms with van der Waals surface area (Å²) in [6.45, 7) is 12.8. The lowest BCUT2D eigenvalue weighted by Gasteiger charge is -2.35. The summed E-state index contributed by atoms with van der Waals surface area (Å²) in [7, 11) is 0. The van der Waals surface area contributed by atoms with E-state index in [2.05, 4.69) is 114 Å². The molecular formula is C32H43N3O. The summed E-state index contributed by atoms with van der Waals surface area (Å²) in [6, 6.07) is 30.4. The Balaban J connectivity index is 1.29. The predicted molar refractivity (Wildman–Crippen MR) is 151 cm³/mol. The summed E-state index contributed by atoms with van der Waals surface area (Å²) in [5.74, 6) is 1.44. The lowest BCUT2D eigenvalue weighted by Crippen LogP contribution is -2.40. The van der Waals surface area contributed by atoms with Crippen LogP contribution in [0.3, 0.4) is 0 Å². The second-order valence-electron chi connectivity index (χ2n) is 9.80. The molecule has 3 aromatic rings. The molecule has 1 aliphatic rings. The second-order valence-corrected chi connectivity index (χ2v) is 9.80. The second kappa shape index (κ2) is 14.2. The minimum absolute atomic E-state index is 0.282. The largest absolute Gasteiger partial charge is 0.490 e. The van der Waals surface area contributed by atoms with E-state index in [1.54, 1.807) is 0 Å². The van der Waals surface area contributed by atoms with E-state index in [-0.39, 0.29) is 6.10 Å². The Hall–Kier alpha value is -2.66. The molecule has 0 spiro atoms. The normalized spacial score (nSPS) is 15.0. The van der Waals surface area contributed by atoms with Gasteiger partial charge in [0.1, 0.15) is 11.9 Å². The maximum absolute atomic E-state index is 6.55. The molecular weight excluding hydrogens is 442 g/mol. The fourth-order valence-corrected chi connectivity index (χ4v) is 5.19. The van der Waals surface area contributed by atoms with Gasteiger partial charge in [-0.05, 0) is 43.1 Å². The lowest BCUT2D eigenvalue weighted by molar-refractivity contribution is 0.0979. The van der Waals surface area contributed by atoms with Crippen molar-refractivity contribution in [3.8, 4) is 5.75 Å². The van der Waals surface area contributed by atoms with Crippen molar-refractivity contribution in [3.05, 3.63) is 102 Å². The van der Waals surface area contributed by atoms with Crippen LogP contribution < -0.4 is 10.1 Å². The van der Waals surface area contributed by atoms with Gasteiger partial charge in [-0.2, -0.15) is 0 Å². The van der Waals surface area contributed by atoms with E-state index in [0.29, 0.717) is 5.92 Å². The monoisotopic (exact) mass is 485 g/mol. The zero-order valence-electron chi connectivity index (χ0n) is 22.1. The highest BCUT2D eigenvalue weighted by molar-refractivity contribution is 5.34. The number of nitrogens with zero attached hydrogens (tertiary/aromatic N) is 2. The Morgan fingerprint density at radius 3 is 2.03 bits per heavy atom. The highest BCUT2D eigenvalue weighted by Gasteiger charge is 2.24. The molecule has 0 atom stereocenters. The molecule has 4 nitrogen and oxygen atoms in total. The lowest BCUT2D eigenvalue weighted by atomic mass is 9.90. The number of hydrogen-bond donors (Lipinski definition) is 1. The smallest absolute Gasteiger partial charge is 0.124 e. The van der Waals surface area contributed by atoms with Crippen LogP contribution >= 0.6 is 0 Å². The van der Waals surface area contributed by atoms with Crippen LogP contribution in [0.5, 0.6) is 5.75 Å². The molecule has 0 saturated carbocycles.